The lowest BCUT2D eigenvalue weighted by Gasteiger charge is -2.35. The first kappa shape index (κ1) is 15.1. The summed E-state index contributed by atoms with van der Waals surface area (Å²) in [7, 11) is 0. The van der Waals surface area contributed by atoms with Crippen molar-refractivity contribution in [2.45, 2.75) is 38.8 Å². The first-order chi connectivity index (χ1) is 9.16. The second-order valence-corrected chi connectivity index (χ2v) is 7.02. The zero-order chi connectivity index (χ0) is 13.7. The maximum atomic E-state index is 12.4. The minimum Gasteiger partial charge on any atom is -0.340 e. The first-order valence-corrected chi connectivity index (χ1v) is 8.67. The molecule has 0 aliphatic carbocycles. The van der Waals surface area contributed by atoms with E-state index in [9.17, 15) is 4.79 Å². The van der Waals surface area contributed by atoms with Crippen LogP contribution in [0.2, 0.25) is 0 Å². The quantitative estimate of drug-likeness (QED) is 0.818. The highest BCUT2D eigenvalue weighted by Crippen LogP contribution is 2.13. The maximum absolute atomic E-state index is 12.4. The molecule has 1 atom stereocenters. The minimum atomic E-state index is 0.0469. The predicted molar refractivity (Wildman–Crippen MR) is 81.6 cm³/mol. The van der Waals surface area contributed by atoms with Crippen molar-refractivity contribution in [3.63, 3.8) is 0 Å². The third kappa shape index (κ3) is 4.65. The molecule has 0 aromatic rings. The maximum Gasteiger partial charge on any atom is 0.239 e. The smallest absolute Gasteiger partial charge is 0.239 e. The zero-order valence-corrected chi connectivity index (χ0v) is 13.0. The molecule has 0 aromatic carbocycles. The molecule has 2 rings (SSSR count). The van der Waals surface area contributed by atoms with Gasteiger partial charge in [-0.2, -0.15) is 11.8 Å². The standard InChI is InChI=1S/C14H27N3OS/c1-12(2)15-13-4-3-5-17(14(13)18)7-6-16-8-10-19-11-9-16/h12-13,15H,3-11H2,1-2H3. The number of likely N-dealkylation sites (tertiary alicyclic amines) is 1. The van der Waals surface area contributed by atoms with Gasteiger partial charge in [0, 0.05) is 50.3 Å². The number of hydrogen-bond acceptors (Lipinski definition) is 4. The molecular weight excluding hydrogens is 258 g/mol. The van der Waals surface area contributed by atoms with Crippen molar-refractivity contribution >= 4 is 17.7 Å². The number of carbonyl (C=O) groups is 1. The van der Waals surface area contributed by atoms with Crippen LogP contribution < -0.4 is 5.32 Å². The van der Waals surface area contributed by atoms with Gasteiger partial charge in [0.1, 0.15) is 0 Å². The van der Waals surface area contributed by atoms with Crippen LogP contribution in [0, 0.1) is 0 Å². The van der Waals surface area contributed by atoms with E-state index in [1.807, 2.05) is 11.8 Å². The third-order valence-corrected chi connectivity index (χ3v) is 4.80. The summed E-state index contributed by atoms with van der Waals surface area (Å²) in [5.74, 6) is 2.79. The van der Waals surface area contributed by atoms with Crippen molar-refractivity contribution in [3.8, 4) is 0 Å². The molecule has 4 nitrogen and oxygen atoms in total. The number of thioether (sulfide) groups is 1. The normalized spacial score (nSPS) is 26.2. The van der Waals surface area contributed by atoms with E-state index in [1.165, 1.54) is 24.6 Å². The number of rotatable bonds is 5. The van der Waals surface area contributed by atoms with E-state index >= 15 is 0 Å². The van der Waals surface area contributed by atoms with Crippen LogP contribution in [-0.2, 0) is 4.79 Å². The lowest BCUT2D eigenvalue weighted by molar-refractivity contribution is -0.136. The first-order valence-electron chi connectivity index (χ1n) is 7.52. The van der Waals surface area contributed by atoms with Crippen LogP contribution >= 0.6 is 11.8 Å². The van der Waals surface area contributed by atoms with Gasteiger partial charge in [-0.15, -0.1) is 0 Å². The molecule has 5 heteroatoms. The van der Waals surface area contributed by atoms with Gasteiger partial charge in [0.2, 0.25) is 5.91 Å². The van der Waals surface area contributed by atoms with Gasteiger partial charge in [0.25, 0.3) is 0 Å². The molecule has 0 bridgehead atoms. The Morgan fingerprint density at radius 1 is 1.26 bits per heavy atom. The number of amides is 1. The summed E-state index contributed by atoms with van der Waals surface area (Å²) in [5, 5.41) is 3.39. The molecule has 2 aliphatic rings. The monoisotopic (exact) mass is 285 g/mol. The molecule has 2 heterocycles. The van der Waals surface area contributed by atoms with Crippen LogP contribution in [0.4, 0.5) is 0 Å². The fraction of sp³-hybridized carbons (Fsp3) is 0.929. The molecule has 2 saturated heterocycles. The van der Waals surface area contributed by atoms with Gasteiger partial charge in [0.15, 0.2) is 0 Å². The number of piperidine rings is 1. The van der Waals surface area contributed by atoms with Gasteiger partial charge in [0.05, 0.1) is 6.04 Å². The van der Waals surface area contributed by atoms with Crippen molar-refractivity contribution in [3.05, 3.63) is 0 Å². The molecule has 1 amide bonds. The largest absolute Gasteiger partial charge is 0.340 e. The highest BCUT2D eigenvalue weighted by atomic mass is 32.2. The van der Waals surface area contributed by atoms with Crippen LogP contribution in [-0.4, -0.2) is 72.0 Å². The van der Waals surface area contributed by atoms with Crippen LogP contribution in [0.25, 0.3) is 0 Å². The van der Waals surface area contributed by atoms with Gasteiger partial charge in [-0.1, -0.05) is 13.8 Å². The van der Waals surface area contributed by atoms with Gasteiger partial charge < -0.3 is 10.2 Å². The summed E-state index contributed by atoms with van der Waals surface area (Å²) in [6.45, 7) is 9.47. The molecule has 1 N–H and O–H groups in total. The van der Waals surface area contributed by atoms with Crippen molar-refractivity contribution in [2.24, 2.45) is 0 Å². The average molecular weight is 285 g/mol. The number of nitrogens with one attached hydrogen (secondary N) is 1. The van der Waals surface area contributed by atoms with Crippen LogP contribution in [0.3, 0.4) is 0 Å². The molecule has 0 radical (unpaired) electrons. The number of carbonyl (C=O) groups excluding carboxylic acids is 1. The molecule has 2 aliphatic heterocycles. The molecule has 0 spiro atoms. The molecular formula is C14H27N3OS. The SMILES string of the molecule is CC(C)NC1CCCN(CCN2CCSCC2)C1=O. The fourth-order valence-electron chi connectivity index (χ4n) is 2.81. The van der Waals surface area contributed by atoms with E-state index in [0.717, 1.165) is 32.5 Å². The minimum absolute atomic E-state index is 0.0469. The van der Waals surface area contributed by atoms with E-state index in [2.05, 4.69) is 29.0 Å². The highest BCUT2D eigenvalue weighted by Gasteiger charge is 2.28. The van der Waals surface area contributed by atoms with Crippen molar-refractivity contribution in [1.82, 2.24) is 15.1 Å². The Morgan fingerprint density at radius 2 is 2.00 bits per heavy atom. The van der Waals surface area contributed by atoms with E-state index < -0.39 is 0 Å². The fourth-order valence-corrected chi connectivity index (χ4v) is 3.78. The third-order valence-electron chi connectivity index (χ3n) is 3.85. The summed E-state index contributed by atoms with van der Waals surface area (Å²) in [6, 6.07) is 0.429. The summed E-state index contributed by atoms with van der Waals surface area (Å²) in [4.78, 5) is 16.9. The lowest BCUT2D eigenvalue weighted by atomic mass is 10.0. The second kappa shape index (κ2) is 7.50. The topological polar surface area (TPSA) is 35.6 Å². The Bertz CT molecular complexity index is 292. The highest BCUT2D eigenvalue weighted by molar-refractivity contribution is 7.99. The van der Waals surface area contributed by atoms with E-state index in [4.69, 9.17) is 0 Å². The van der Waals surface area contributed by atoms with E-state index in [0.29, 0.717) is 11.9 Å². The van der Waals surface area contributed by atoms with Gasteiger partial charge in [-0.05, 0) is 12.8 Å². The number of hydrogen-bond donors (Lipinski definition) is 1. The summed E-state index contributed by atoms with van der Waals surface area (Å²) in [6.07, 6.45) is 2.12. The Balaban J connectivity index is 1.77. The van der Waals surface area contributed by atoms with E-state index in [-0.39, 0.29) is 6.04 Å². The Morgan fingerprint density at radius 3 is 2.68 bits per heavy atom. The summed E-state index contributed by atoms with van der Waals surface area (Å²) in [5.41, 5.74) is 0. The molecule has 0 aromatic heterocycles. The molecule has 110 valence electrons. The van der Waals surface area contributed by atoms with Gasteiger partial charge in [-0.3, -0.25) is 9.69 Å². The molecule has 1 unspecified atom stereocenters. The zero-order valence-electron chi connectivity index (χ0n) is 12.2. The Hall–Kier alpha value is -0.260. The predicted octanol–water partition coefficient (Wildman–Crippen LogP) is 1.02. The van der Waals surface area contributed by atoms with Crippen molar-refractivity contribution < 1.29 is 4.79 Å². The average Bonchev–Trinajstić information content (AvgIpc) is 2.40. The molecule has 0 saturated carbocycles. The number of nitrogens with zero attached hydrogens (tertiary/aromatic N) is 2. The lowest BCUT2D eigenvalue weighted by Crippen LogP contribution is -2.54. The van der Waals surface area contributed by atoms with Gasteiger partial charge in [-0.25, -0.2) is 0 Å². The summed E-state index contributed by atoms with van der Waals surface area (Å²) < 4.78 is 0. The Labute approximate surface area is 121 Å². The van der Waals surface area contributed by atoms with Crippen molar-refractivity contribution in [1.29, 1.82) is 0 Å². The Kier molecular flexibility index (Phi) is 5.98. The summed E-state index contributed by atoms with van der Waals surface area (Å²) >= 11 is 2.04. The molecule has 19 heavy (non-hydrogen) atoms. The van der Waals surface area contributed by atoms with Crippen LogP contribution in [0.1, 0.15) is 26.7 Å². The van der Waals surface area contributed by atoms with Crippen LogP contribution in [0.5, 0.6) is 0 Å². The van der Waals surface area contributed by atoms with Crippen LogP contribution in [0.15, 0.2) is 0 Å². The van der Waals surface area contributed by atoms with E-state index in [1.54, 1.807) is 0 Å². The molecule has 2 fully saturated rings. The van der Waals surface area contributed by atoms with Gasteiger partial charge >= 0.3 is 0 Å². The second-order valence-electron chi connectivity index (χ2n) is 5.80. The van der Waals surface area contributed by atoms with Crippen molar-refractivity contribution in [2.75, 3.05) is 44.2 Å².